The van der Waals surface area contributed by atoms with Crippen molar-refractivity contribution in [3.63, 3.8) is 0 Å². The number of nitrogens with one attached hydrogen (secondary N) is 2. The first-order chi connectivity index (χ1) is 16.7. The van der Waals surface area contributed by atoms with E-state index < -0.39 is 0 Å². The first-order valence-corrected chi connectivity index (χ1v) is 12.2. The number of rotatable bonds is 8. The Morgan fingerprint density at radius 2 is 1.82 bits per heavy atom. The number of aromatic nitrogens is 2. The lowest BCUT2D eigenvalue weighted by molar-refractivity contribution is 0.307. The number of hydrogen-bond acceptors (Lipinski definition) is 3. The van der Waals surface area contributed by atoms with E-state index >= 15 is 0 Å². The van der Waals surface area contributed by atoms with Crippen molar-refractivity contribution >= 4 is 34.6 Å². The number of hydrogen-bond donors (Lipinski definition) is 2. The SMILES string of the molecule is S=C1NC(c2ccccn2)C(c2cccn2-c2cccc(Cl)c2)N1CCCNc1ccccc1. The van der Waals surface area contributed by atoms with Gasteiger partial charge in [-0.2, -0.15) is 0 Å². The van der Waals surface area contributed by atoms with Gasteiger partial charge in [0, 0.05) is 47.6 Å². The summed E-state index contributed by atoms with van der Waals surface area (Å²) in [4.78, 5) is 6.94. The molecule has 2 aromatic carbocycles. The van der Waals surface area contributed by atoms with Crippen LogP contribution in [0.3, 0.4) is 0 Å². The topological polar surface area (TPSA) is 45.1 Å². The Kier molecular flexibility index (Phi) is 6.79. The molecule has 1 aliphatic heterocycles. The molecular weight excluding hydrogens is 462 g/mol. The van der Waals surface area contributed by atoms with E-state index in [9.17, 15) is 0 Å². The van der Waals surface area contributed by atoms with E-state index in [2.05, 4.69) is 67.7 Å². The second-order valence-corrected chi connectivity index (χ2v) is 9.07. The second kappa shape index (κ2) is 10.3. The Morgan fingerprint density at radius 3 is 2.62 bits per heavy atom. The van der Waals surface area contributed by atoms with Crippen LogP contribution in [-0.2, 0) is 0 Å². The minimum absolute atomic E-state index is 0.00638. The summed E-state index contributed by atoms with van der Waals surface area (Å²) in [7, 11) is 0. The van der Waals surface area contributed by atoms with Crippen molar-refractivity contribution in [3.05, 3.63) is 114 Å². The fourth-order valence-corrected chi connectivity index (χ4v) is 5.02. The summed E-state index contributed by atoms with van der Waals surface area (Å²) < 4.78 is 2.19. The lowest BCUT2D eigenvalue weighted by Crippen LogP contribution is -2.32. The molecular formula is C27H26ClN5S. The van der Waals surface area contributed by atoms with Gasteiger partial charge in [0.25, 0.3) is 0 Å². The minimum atomic E-state index is -0.0522. The highest BCUT2D eigenvalue weighted by Crippen LogP contribution is 2.39. The van der Waals surface area contributed by atoms with E-state index in [4.69, 9.17) is 23.8 Å². The number of nitrogens with zero attached hydrogens (tertiary/aromatic N) is 3. The van der Waals surface area contributed by atoms with Crippen molar-refractivity contribution in [1.82, 2.24) is 19.8 Å². The zero-order chi connectivity index (χ0) is 23.3. The molecule has 1 saturated heterocycles. The van der Waals surface area contributed by atoms with Crippen molar-refractivity contribution in [2.24, 2.45) is 0 Å². The quantitative estimate of drug-likeness (QED) is 0.236. The van der Waals surface area contributed by atoms with Crippen LogP contribution in [0.5, 0.6) is 0 Å². The maximum atomic E-state index is 6.31. The molecule has 5 nitrogen and oxygen atoms in total. The molecule has 0 radical (unpaired) electrons. The Balaban J connectivity index is 1.43. The zero-order valence-corrected chi connectivity index (χ0v) is 20.2. The maximum Gasteiger partial charge on any atom is 0.170 e. The average Bonchev–Trinajstić information content (AvgIpc) is 3.47. The highest BCUT2D eigenvalue weighted by atomic mass is 35.5. The molecule has 0 saturated carbocycles. The molecule has 2 N–H and O–H groups in total. The van der Waals surface area contributed by atoms with Crippen LogP contribution in [0.4, 0.5) is 5.69 Å². The van der Waals surface area contributed by atoms with Crippen molar-refractivity contribution in [2.45, 2.75) is 18.5 Å². The van der Waals surface area contributed by atoms with Gasteiger partial charge in [-0.3, -0.25) is 4.98 Å². The first-order valence-electron chi connectivity index (χ1n) is 11.4. The van der Waals surface area contributed by atoms with Crippen molar-refractivity contribution in [1.29, 1.82) is 0 Å². The van der Waals surface area contributed by atoms with E-state index in [1.54, 1.807) is 0 Å². The van der Waals surface area contributed by atoms with Gasteiger partial charge < -0.3 is 20.1 Å². The number of halogens is 1. The Labute approximate surface area is 210 Å². The molecule has 4 aromatic rings. The first kappa shape index (κ1) is 22.4. The van der Waals surface area contributed by atoms with Gasteiger partial charge in [-0.25, -0.2) is 0 Å². The number of thiocarbonyl (C=S) groups is 1. The Morgan fingerprint density at radius 1 is 0.971 bits per heavy atom. The molecule has 1 fully saturated rings. The summed E-state index contributed by atoms with van der Waals surface area (Å²) in [5.41, 5.74) is 4.26. The second-order valence-electron chi connectivity index (χ2n) is 8.25. The Hall–Kier alpha value is -3.35. The summed E-state index contributed by atoms with van der Waals surface area (Å²) in [6, 6.07) is 28.4. The van der Waals surface area contributed by atoms with Gasteiger partial charge in [0.15, 0.2) is 5.11 Å². The number of anilines is 1. The molecule has 172 valence electrons. The summed E-state index contributed by atoms with van der Waals surface area (Å²) in [6.45, 7) is 1.68. The molecule has 1 aliphatic rings. The highest BCUT2D eigenvalue weighted by Gasteiger charge is 2.40. The lowest BCUT2D eigenvalue weighted by atomic mass is 10.0. The van der Waals surface area contributed by atoms with Gasteiger partial charge in [0.1, 0.15) is 0 Å². The summed E-state index contributed by atoms with van der Waals surface area (Å²) in [5, 5.41) is 8.50. The fourth-order valence-electron chi connectivity index (χ4n) is 4.50. The van der Waals surface area contributed by atoms with Crippen LogP contribution in [0, 0.1) is 0 Å². The van der Waals surface area contributed by atoms with Gasteiger partial charge in [0.2, 0.25) is 0 Å². The summed E-state index contributed by atoms with van der Waals surface area (Å²) in [5.74, 6) is 0. The molecule has 2 atom stereocenters. The third kappa shape index (κ3) is 4.79. The molecule has 5 rings (SSSR count). The molecule has 7 heteroatoms. The van der Waals surface area contributed by atoms with Crippen molar-refractivity contribution in [3.8, 4) is 5.69 Å². The smallest absolute Gasteiger partial charge is 0.170 e. The maximum absolute atomic E-state index is 6.31. The van der Waals surface area contributed by atoms with Crippen LogP contribution >= 0.6 is 23.8 Å². The van der Waals surface area contributed by atoms with Gasteiger partial charge in [-0.15, -0.1) is 0 Å². The lowest BCUT2D eigenvalue weighted by Gasteiger charge is -2.29. The third-order valence-electron chi connectivity index (χ3n) is 6.05. The van der Waals surface area contributed by atoms with Crippen LogP contribution in [0.2, 0.25) is 5.02 Å². The van der Waals surface area contributed by atoms with Gasteiger partial charge in [-0.1, -0.05) is 41.9 Å². The van der Waals surface area contributed by atoms with E-state index in [0.717, 1.165) is 47.4 Å². The van der Waals surface area contributed by atoms with Crippen LogP contribution in [0.15, 0.2) is 97.3 Å². The predicted molar refractivity (Wildman–Crippen MR) is 142 cm³/mol. The van der Waals surface area contributed by atoms with Crippen molar-refractivity contribution in [2.75, 3.05) is 18.4 Å². The van der Waals surface area contributed by atoms with Crippen LogP contribution in [0.25, 0.3) is 5.69 Å². The normalized spacial score (nSPS) is 17.6. The van der Waals surface area contributed by atoms with E-state index in [-0.39, 0.29) is 12.1 Å². The number of pyridine rings is 1. The third-order valence-corrected chi connectivity index (χ3v) is 6.63. The number of para-hydroxylation sites is 1. The number of benzene rings is 2. The molecule has 0 spiro atoms. The van der Waals surface area contributed by atoms with Crippen LogP contribution in [0.1, 0.15) is 29.9 Å². The predicted octanol–water partition coefficient (Wildman–Crippen LogP) is 6.00. The molecule has 0 aliphatic carbocycles. The van der Waals surface area contributed by atoms with Gasteiger partial charge in [0.05, 0.1) is 17.8 Å². The molecule has 3 heterocycles. The fraction of sp³-hybridized carbons (Fsp3) is 0.185. The van der Waals surface area contributed by atoms with Crippen molar-refractivity contribution < 1.29 is 0 Å². The van der Waals surface area contributed by atoms with Crippen LogP contribution < -0.4 is 10.6 Å². The monoisotopic (exact) mass is 487 g/mol. The molecule has 34 heavy (non-hydrogen) atoms. The molecule has 0 amide bonds. The molecule has 2 unspecified atom stereocenters. The van der Waals surface area contributed by atoms with Gasteiger partial charge in [-0.05, 0) is 73.2 Å². The van der Waals surface area contributed by atoms with Crippen LogP contribution in [-0.4, -0.2) is 32.7 Å². The van der Waals surface area contributed by atoms with E-state index in [1.807, 2.05) is 54.7 Å². The summed E-state index contributed by atoms with van der Waals surface area (Å²) in [6.07, 6.45) is 4.85. The highest BCUT2D eigenvalue weighted by molar-refractivity contribution is 7.80. The van der Waals surface area contributed by atoms with E-state index in [1.165, 1.54) is 0 Å². The average molecular weight is 488 g/mol. The van der Waals surface area contributed by atoms with Gasteiger partial charge >= 0.3 is 0 Å². The molecule has 2 aromatic heterocycles. The van der Waals surface area contributed by atoms with E-state index in [0.29, 0.717) is 5.02 Å². The minimum Gasteiger partial charge on any atom is -0.385 e. The zero-order valence-electron chi connectivity index (χ0n) is 18.6. The standard InChI is InChI=1S/C27H26ClN5S/c28-20-9-6-12-22(19-20)32-17-7-14-24(32)26-25(23-13-4-5-15-30-23)31-27(34)33(26)18-8-16-29-21-10-2-1-3-11-21/h1-7,9-15,17,19,25-26,29H,8,16,18H2,(H,31,34). The Bertz CT molecular complexity index is 1240. The molecule has 0 bridgehead atoms. The largest absolute Gasteiger partial charge is 0.385 e. The summed E-state index contributed by atoms with van der Waals surface area (Å²) >= 11 is 12.1.